The van der Waals surface area contributed by atoms with Gasteiger partial charge in [-0.15, -0.1) is 0 Å². The average Bonchev–Trinajstić information content (AvgIpc) is 2.68. The largest absolute Gasteiger partial charge is 0.314 e. The second-order valence-electron chi connectivity index (χ2n) is 8.23. The van der Waals surface area contributed by atoms with Crippen molar-refractivity contribution in [1.29, 1.82) is 0 Å². The van der Waals surface area contributed by atoms with E-state index >= 15 is 0 Å². The van der Waals surface area contributed by atoms with E-state index < -0.39 is 0 Å². The highest BCUT2D eigenvalue weighted by atomic mass is 14.9. The van der Waals surface area contributed by atoms with Crippen molar-refractivity contribution in [2.45, 2.75) is 84.6 Å². The molecule has 1 N–H and O–H groups in total. The standard InChI is InChI=1S/C21H35N/c1-4-16-9-10-19-12-17(14-22-15(2)3)11-18-7-5-6-8-20(18)21(19)13-16/h13,15,17-18,20,22H,4-12,14H2,1-3H3. The number of hydrogen-bond acceptors (Lipinski definition) is 1. The zero-order valence-electron chi connectivity index (χ0n) is 15.0. The van der Waals surface area contributed by atoms with Gasteiger partial charge in [0.2, 0.25) is 0 Å². The van der Waals surface area contributed by atoms with Gasteiger partial charge in [0, 0.05) is 6.04 Å². The van der Waals surface area contributed by atoms with Crippen LogP contribution in [0.2, 0.25) is 0 Å². The molecular weight excluding hydrogens is 266 g/mol. The third-order valence-corrected chi connectivity index (χ3v) is 6.26. The molecule has 0 bridgehead atoms. The fraction of sp³-hybridized carbons (Fsp3) is 0.810. The molecule has 3 aliphatic rings. The van der Waals surface area contributed by atoms with Gasteiger partial charge in [-0.1, -0.05) is 50.8 Å². The van der Waals surface area contributed by atoms with Crippen molar-refractivity contribution < 1.29 is 0 Å². The quantitative estimate of drug-likeness (QED) is 0.710. The van der Waals surface area contributed by atoms with Crippen LogP contribution in [-0.4, -0.2) is 12.6 Å². The maximum atomic E-state index is 3.72. The van der Waals surface area contributed by atoms with E-state index in [0.717, 1.165) is 17.8 Å². The van der Waals surface area contributed by atoms with Crippen LogP contribution >= 0.6 is 0 Å². The molecule has 1 nitrogen and oxygen atoms in total. The van der Waals surface area contributed by atoms with Crippen molar-refractivity contribution in [3.63, 3.8) is 0 Å². The van der Waals surface area contributed by atoms with Gasteiger partial charge in [-0.05, 0) is 74.8 Å². The lowest BCUT2D eigenvalue weighted by Crippen LogP contribution is -2.30. The second-order valence-corrected chi connectivity index (χ2v) is 8.23. The first-order valence-corrected chi connectivity index (χ1v) is 9.82. The molecule has 0 aromatic carbocycles. The summed E-state index contributed by atoms with van der Waals surface area (Å²) in [5.41, 5.74) is 5.35. The average molecular weight is 302 g/mol. The van der Waals surface area contributed by atoms with Crippen molar-refractivity contribution in [1.82, 2.24) is 5.32 Å². The Hall–Kier alpha value is -0.560. The van der Waals surface area contributed by atoms with E-state index in [1.54, 1.807) is 11.1 Å². The Balaban J connectivity index is 1.82. The summed E-state index contributed by atoms with van der Waals surface area (Å²) in [6.07, 6.45) is 15.3. The lowest BCUT2D eigenvalue weighted by Gasteiger charge is -2.34. The predicted molar refractivity (Wildman–Crippen MR) is 95.9 cm³/mol. The van der Waals surface area contributed by atoms with Crippen LogP contribution in [0.5, 0.6) is 0 Å². The molecule has 0 heterocycles. The topological polar surface area (TPSA) is 12.0 Å². The fourth-order valence-electron chi connectivity index (χ4n) is 5.03. The van der Waals surface area contributed by atoms with Gasteiger partial charge < -0.3 is 5.32 Å². The van der Waals surface area contributed by atoms with Gasteiger partial charge in [-0.2, -0.15) is 0 Å². The van der Waals surface area contributed by atoms with Crippen molar-refractivity contribution in [3.8, 4) is 0 Å². The number of allylic oxidation sites excluding steroid dienone is 4. The zero-order chi connectivity index (χ0) is 15.5. The molecule has 3 atom stereocenters. The maximum Gasteiger partial charge on any atom is 0.00104 e. The molecule has 1 saturated carbocycles. The minimum Gasteiger partial charge on any atom is -0.314 e. The summed E-state index contributed by atoms with van der Waals surface area (Å²) in [4.78, 5) is 0. The van der Waals surface area contributed by atoms with Gasteiger partial charge in [0.15, 0.2) is 0 Å². The van der Waals surface area contributed by atoms with Crippen LogP contribution in [0.3, 0.4) is 0 Å². The van der Waals surface area contributed by atoms with Crippen LogP contribution in [0.15, 0.2) is 22.8 Å². The Labute approximate surface area is 137 Å². The monoisotopic (exact) mass is 301 g/mol. The van der Waals surface area contributed by atoms with Crippen molar-refractivity contribution >= 4 is 0 Å². The summed E-state index contributed by atoms with van der Waals surface area (Å²) >= 11 is 0. The molecule has 1 heteroatoms. The molecule has 0 amide bonds. The van der Waals surface area contributed by atoms with Gasteiger partial charge in [0.25, 0.3) is 0 Å². The van der Waals surface area contributed by atoms with E-state index in [0.29, 0.717) is 6.04 Å². The number of rotatable bonds is 4. The summed E-state index contributed by atoms with van der Waals surface area (Å²) < 4.78 is 0. The summed E-state index contributed by atoms with van der Waals surface area (Å²) in [6, 6.07) is 0.622. The zero-order valence-corrected chi connectivity index (χ0v) is 15.0. The highest BCUT2D eigenvalue weighted by Crippen LogP contribution is 2.47. The molecule has 3 aliphatic carbocycles. The van der Waals surface area contributed by atoms with Crippen LogP contribution in [0.4, 0.5) is 0 Å². The van der Waals surface area contributed by atoms with Gasteiger partial charge in [0.05, 0.1) is 0 Å². The van der Waals surface area contributed by atoms with E-state index in [1.165, 1.54) is 64.3 Å². The molecule has 3 unspecified atom stereocenters. The highest BCUT2D eigenvalue weighted by molar-refractivity contribution is 5.37. The Bertz CT molecular complexity index is 443. The molecule has 22 heavy (non-hydrogen) atoms. The third-order valence-electron chi connectivity index (χ3n) is 6.26. The Morgan fingerprint density at radius 3 is 2.77 bits per heavy atom. The smallest absolute Gasteiger partial charge is 0.00104 e. The molecule has 0 radical (unpaired) electrons. The second kappa shape index (κ2) is 7.34. The minimum absolute atomic E-state index is 0.622. The van der Waals surface area contributed by atoms with E-state index in [2.05, 4.69) is 32.2 Å². The van der Waals surface area contributed by atoms with Crippen LogP contribution in [0, 0.1) is 17.8 Å². The molecular formula is C21H35N. The van der Waals surface area contributed by atoms with Crippen LogP contribution < -0.4 is 5.32 Å². The van der Waals surface area contributed by atoms with Crippen molar-refractivity contribution in [3.05, 3.63) is 22.8 Å². The van der Waals surface area contributed by atoms with Crippen molar-refractivity contribution in [2.75, 3.05) is 6.54 Å². The van der Waals surface area contributed by atoms with Crippen LogP contribution in [0.1, 0.15) is 78.6 Å². The van der Waals surface area contributed by atoms with Crippen LogP contribution in [0.25, 0.3) is 0 Å². The highest BCUT2D eigenvalue weighted by Gasteiger charge is 2.35. The molecule has 1 fully saturated rings. The summed E-state index contributed by atoms with van der Waals surface area (Å²) in [7, 11) is 0. The SMILES string of the molecule is CCC1=CC2=C(CC1)CC(CNC(C)C)CC1CCCCC21. The van der Waals surface area contributed by atoms with E-state index in [1.807, 2.05) is 5.57 Å². The lowest BCUT2D eigenvalue weighted by atomic mass is 9.71. The summed E-state index contributed by atoms with van der Waals surface area (Å²) in [5, 5.41) is 3.72. The Morgan fingerprint density at radius 2 is 2.00 bits per heavy atom. The number of hydrogen-bond donors (Lipinski definition) is 1. The minimum atomic E-state index is 0.622. The summed E-state index contributed by atoms with van der Waals surface area (Å²) in [5.74, 6) is 2.74. The Morgan fingerprint density at radius 1 is 1.18 bits per heavy atom. The van der Waals surface area contributed by atoms with Gasteiger partial charge >= 0.3 is 0 Å². The van der Waals surface area contributed by atoms with Gasteiger partial charge in [-0.25, -0.2) is 0 Å². The molecule has 0 aromatic rings. The fourth-order valence-corrected chi connectivity index (χ4v) is 5.03. The van der Waals surface area contributed by atoms with Crippen LogP contribution in [-0.2, 0) is 0 Å². The first-order valence-electron chi connectivity index (χ1n) is 9.82. The maximum absolute atomic E-state index is 3.72. The third kappa shape index (κ3) is 3.67. The Kier molecular flexibility index (Phi) is 5.44. The normalized spacial score (nSPS) is 32.4. The van der Waals surface area contributed by atoms with Gasteiger partial charge in [-0.3, -0.25) is 0 Å². The first-order chi connectivity index (χ1) is 10.7. The van der Waals surface area contributed by atoms with E-state index in [4.69, 9.17) is 0 Å². The van der Waals surface area contributed by atoms with E-state index in [-0.39, 0.29) is 0 Å². The predicted octanol–water partition coefficient (Wildman–Crippen LogP) is 5.63. The molecule has 3 rings (SSSR count). The lowest BCUT2D eigenvalue weighted by molar-refractivity contribution is 0.231. The molecule has 0 spiro atoms. The molecule has 0 aliphatic heterocycles. The molecule has 0 aromatic heterocycles. The molecule has 124 valence electrons. The van der Waals surface area contributed by atoms with Gasteiger partial charge in [0.1, 0.15) is 0 Å². The number of nitrogens with one attached hydrogen (secondary N) is 1. The first kappa shape index (κ1) is 16.3. The van der Waals surface area contributed by atoms with E-state index in [9.17, 15) is 0 Å². The number of fused-ring (bicyclic) bond motifs is 2. The summed E-state index contributed by atoms with van der Waals surface area (Å²) in [6.45, 7) is 8.12. The van der Waals surface area contributed by atoms with Crippen molar-refractivity contribution in [2.24, 2.45) is 17.8 Å². The molecule has 0 saturated heterocycles.